The number of nitrogens with zero attached hydrogens (tertiary/aromatic N) is 1. The summed E-state index contributed by atoms with van der Waals surface area (Å²) in [6.07, 6.45) is 6.50. The van der Waals surface area contributed by atoms with Gasteiger partial charge in [-0.1, -0.05) is 12.0 Å². The van der Waals surface area contributed by atoms with E-state index in [0.717, 1.165) is 6.42 Å². The minimum Gasteiger partial charge on any atom is -0.478 e. The van der Waals surface area contributed by atoms with Gasteiger partial charge in [0.05, 0.1) is 12.1 Å². The molecule has 5 nitrogen and oxygen atoms in total. The average Bonchev–Trinajstić information content (AvgIpc) is 2.43. The van der Waals surface area contributed by atoms with Gasteiger partial charge in [0, 0.05) is 12.2 Å². The minimum absolute atomic E-state index is 0.156. The fraction of sp³-hybridized carbons (Fsp3) is 0.286. The zero-order valence-corrected chi connectivity index (χ0v) is 10.3. The number of carboxylic acids is 1. The van der Waals surface area contributed by atoms with Crippen molar-refractivity contribution >= 4 is 17.7 Å². The molecule has 0 saturated carbocycles. The van der Waals surface area contributed by atoms with E-state index in [1.165, 1.54) is 0 Å². The van der Waals surface area contributed by atoms with E-state index in [4.69, 9.17) is 11.5 Å². The molecule has 0 fully saturated rings. The Morgan fingerprint density at radius 1 is 1.47 bits per heavy atom. The summed E-state index contributed by atoms with van der Waals surface area (Å²) in [7, 11) is 0. The Balaban J connectivity index is 2.35. The number of carbonyl (C=O) groups is 2. The first-order valence-electron chi connectivity index (χ1n) is 5.99. The molecule has 2 rings (SSSR count). The minimum atomic E-state index is -0.970. The van der Waals surface area contributed by atoms with Crippen LogP contribution in [0.25, 0.3) is 0 Å². The van der Waals surface area contributed by atoms with Gasteiger partial charge in [-0.2, -0.15) is 0 Å². The highest BCUT2D eigenvalue weighted by molar-refractivity contribution is 5.97. The molecule has 0 bridgehead atoms. The number of hydrogen-bond acceptors (Lipinski definition) is 2. The van der Waals surface area contributed by atoms with Gasteiger partial charge in [0.25, 0.3) is 0 Å². The summed E-state index contributed by atoms with van der Waals surface area (Å²) in [4.78, 5) is 24.7. The lowest BCUT2D eigenvalue weighted by Gasteiger charge is -2.30. The fourth-order valence-corrected chi connectivity index (χ4v) is 2.26. The predicted octanol–water partition coefficient (Wildman–Crippen LogP) is 1.48. The van der Waals surface area contributed by atoms with Crippen LogP contribution in [0.2, 0.25) is 0 Å². The lowest BCUT2D eigenvalue weighted by molar-refractivity contribution is 0.0695. The van der Waals surface area contributed by atoms with Gasteiger partial charge in [0.2, 0.25) is 0 Å². The number of nitrogens with one attached hydrogen (secondary N) is 1. The number of urea groups is 1. The van der Waals surface area contributed by atoms with Crippen molar-refractivity contribution in [2.24, 2.45) is 0 Å². The molecule has 1 aliphatic rings. The molecule has 1 aromatic carbocycles. The molecule has 0 radical (unpaired) electrons. The van der Waals surface area contributed by atoms with Crippen LogP contribution in [0, 0.1) is 12.3 Å². The molecular weight excluding hydrogens is 244 g/mol. The molecular formula is C14H14N2O3. The van der Waals surface area contributed by atoms with Crippen LogP contribution in [0.5, 0.6) is 0 Å². The van der Waals surface area contributed by atoms with Crippen LogP contribution in [0.4, 0.5) is 10.5 Å². The molecule has 2 amide bonds. The number of carbonyl (C=O) groups excluding carboxylic acids is 1. The number of aromatic carboxylic acids is 1. The van der Waals surface area contributed by atoms with Crippen LogP contribution in [-0.2, 0) is 6.42 Å². The maximum absolute atomic E-state index is 12.0. The van der Waals surface area contributed by atoms with Crippen molar-refractivity contribution in [2.75, 3.05) is 18.0 Å². The van der Waals surface area contributed by atoms with Crippen LogP contribution in [0.1, 0.15) is 22.3 Å². The Morgan fingerprint density at radius 3 is 2.95 bits per heavy atom. The van der Waals surface area contributed by atoms with E-state index in [2.05, 4.69) is 11.2 Å². The molecule has 2 N–H and O–H groups in total. The zero-order valence-electron chi connectivity index (χ0n) is 10.3. The van der Waals surface area contributed by atoms with Gasteiger partial charge in [-0.25, -0.2) is 9.59 Å². The van der Waals surface area contributed by atoms with E-state index in [1.807, 2.05) is 0 Å². The first-order valence-corrected chi connectivity index (χ1v) is 5.99. The Bertz CT molecular complexity index is 560. The van der Waals surface area contributed by atoms with Crippen molar-refractivity contribution < 1.29 is 14.7 Å². The molecule has 0 spiro atoms. The zero-order chi connectivity index (χ0) is 13.8. The van der Waals surface area contributed by atoms with Crippen molar-refractivity contribution in [3.05, 3.63) is 29.3 Å². The van der Waals surface area contributed by atoms with E-state index >= 15 is 0 Å². The van der Waals surface area contributed by atoms with E-state index in [0.29, 0.717) is 24.2 Å². The molecule has 5 heteroatoms. The largest absolute Gasteiger partial charge is 0.478 e. The highest BCUT2D eigenvalue weighted by atomic mass is 16.4. The molecule has 0 atom stereocenters. The van der Waals surface area contributed by atoms with Crippen LogP contribution in [0.3, 0.4) is 0 Å². The lowest BCUT2D eigenvalue weighted by Crippen LogP contribution is -2.43. The number of anilines is 1. The molecule has 19 heavy (non-hydrogen) atoms. The third kappa shape index (κ3) is 2.52. The van der Waals surface area contributed by atoms with Crippen molar-refractivity contribution in [3.63, 3.8) is 0 Å². The normalized spacial score (nSPS) is 13.3. The van der Waals surface area contributed by atoms with Crippen LogP contribution >= 0.6 is 0 Å². The SMILES string of the molecule is C#CCNC(=O)N1CCCc2c(C(=O)O)cccc21. The highest BCUT2D eigenvalue weighted by Crippen LogP contribution is 2.29. The number of benzene rings is 1. The fourth-order valence-electron chi connectivity index (χ4n) is 2.26. The molecule has 1 aromatic rings. The first-order chi connectivity index (χ1) is 9.15. The van der Waals surface area contributed by atoms with E-state index < -0.39 is 5.97 Å². The third-order valence-electron chi connectivity index (χ3n) is 3.07. The number of rotatable bonds is 2. The predicted molar refractivity (Wildman–Crippen MR) is 71.3 cm³/mol. The number of hydrogen-bond donors (Lipinski definition) is 2. The van der Waals surface area contributed by atoms with Gasteiger partial charge < -0.3 is 10.4 Å². The van der Waals surface area contributed by atoms with Crippen molar-refractivity contribution in [2.45, 2.75) is 12.8 Å². The van der Waals surface area contributed by atoms with Gasteiger partial charge in [-0.05, 0) is 30.5 Å². The highest BCUT2D eigenvalue weighted by Gasteiger charge is 2.25. The molecule has 0 unspecified atom stereocenters. The Labute approximate surface area is 111 Å². The second-order valence-electron chi connectivity index (χ2n) is 4.23. The molecule has 0 aromatic heterocycles. The average molecular weight is 258 g/mol. The molecule has 0 aliphatic carbocycles. The van der Waals surface area contributed by atoms with E-state index in [-0.39, 0.29) is 18.1 Å². The molecule has 1 aliphatic heterocycles. The monoisotopic (exact) mass is 258 g/mol. The van der Waals surface area contributed by atoms with E-state index in [9.17, 15) is 9.59 Å². The number of fused-ring (bicyclic) bond motifs is 1. The number of carboxylic acid groups (broad SMARTS) is 1. The lowest BCUT2D eigenvalue weighted by atomic mass is 9.96. The summed E-state index contributed by atoms with van der Waals surface area (Å²) in [6, 6.07) is 4.68. The maximum Gasteiger partial charge on any atom is 0.336 e. The van der Waals surface area contributed by atoms with Crippen molar-refractivity contribution in [3.8, 4) is 12.3 Å². The topological polar surface area (TPSA) is 69.6 Å². The van der Waals surface area contributed by atoms with Gasteiger partial charge >= 0.3 is 12.0 Å². The third-order valence-corrected chi connectivity index (χ3v) is 3.07. The number of terminal acetylenes is 1. The van der Waals surface area contributed by atoms with Crippen molar-refractivity contribution in [1.82, 2.24) is 5.32 Å². The smallest absolute Gasteiger partial charge is 0.336 e. The summed E-state index contributed by atoms with van der Waals surface area (Å²) < 4.78 is 0. The van der Waals surface area contributed by atoms with Crippen LogP contribution < -0.4 is 10.2 Å². The van der Waals surface area contributed by atoms with Crippen molar-refractivity contribution in [1.29, 1.82) is 0 Å². The van der Waals surface area contributed by atoms with E-state index in [1.54, 1.807) is 23.1 Å². The second-order valence-corrected chi connectivity index (χ2v) is 4.23. The second kappa shape index (κ2) is 5.44. The van der Waals surface area contributed by atoms with Gasteiger partial charge in [-0.15, -0.1) is 6.42 Å². The number of amides is 2. The maximum atomic E-state index is 12.0. The van der Waals surface area contributed by atoms with Gasteiger partial charge in [0.1, 0.15) is 0 Å². The summed E-state index contributed by atoms with van der Waals surface area (Å²) in [5.41, 5.74) is 1.62. The summed E-state index contributed by atoms with van der Waals surface area (Å²) in [5.74, 6) is 1.37. The summed E-state index contributed by atoms with van der Waals surface area (Å²) in [6.45, 7) is 0.718. The Kier molecular flexibility index (Phi) is 3.71. The van der Waals surface area contributed by atoms with Crippen LogP contribution in [0.15, 0.2) is 18.2 Å². The molecule has 0 saturated heterocycles. The first kappa shape index (κ1) is 13.0. The molecule has 1 heterocycles. The Hall–Kier alpha value is -2.48. The van der Waals surface area contributed by atoms with Crippen LogP contribution in [-0.4, -0.2) is 30.2 Å². The standard InChI is InChI=1S/C14H14N2O3/c1-2-8-15-14(19)16-9-4-6-10-11(13(17)18)5-3-7-12(10)16/h1,3,5,7H,4,6,8-9H2,(H,15,19)(H,17,18). The summed E-state index contributed by atoms with van der Waals surface area (Å²) in [5, 5.41) is 11.8. The van der Waals surface area contributed by atoms with Gasteiger partial charge in [0.15, 0.2) is 0 Å². The quantitative estimate of drug-likeness (QED) is 0.789. The molecule has 98 valence electrons. The Morgan fingerprint density at radius 2 is 2.26 bits per heavy atom. The summed E-state index contributed by atoms with van der Waals surface area (Å²) >= 11 is 0. The van der Waals surface area contributed by atoms with Gasteiger partial charge in [-0.3, -0.25) is 4.90 Å².